The van der Waals surface area contributed by atoms with Crippen LogP contribution in [0.3, 0.4) is 0 Å². The fourth-order valence-electron chi connectivity index (χ4n) is 1.98. The second-order valence-electron chi connectivity index (χ2n) is 4.95. The maximum absolute atomic E-state index is 11.7. The first kappa shape index (κ1) is 22.4. The molecular formula is C16H27IN4O3. The summed E-state index contributed by atoms with van der Waals surface area (Å²) in [6.45, 7) is 1.84. The second-order valence-corrected chi connectivity index (χ2v) is 4.95. The fraction of sp³-hybridized carbons (Fsp3) is 0.500. The highest BCUT2D eigenvalue weighted by Crippen LogP contribution is 2.12. The quantitative estimate of drug-likeness (QED) is 0.269. The molecule has 0 aliphatic rings. The van der Waals surface area contributed by atoms with Crippen LogP contribution in [-0.2, 0) is 16.1 Å². The van der Waals surface area contributed by atoms with Crippen LogP contribution in [0.25, 0.3) is 0 Å². The molecule has 2 N–H and O–H groups in total. The van der Waals surface area contributed by atoms with Crippen molar-refractivity contribution < 1.29 is 14.3 Å². The minimum absolute atomic E-state index is 0. The number of methoxy groups -OCH3 is 2. The highest BCUT2D eigenvalue weighted by Gasteiger charge is 2.08. The molecule has 136 valence electrons. The summed E-state index contributed by atoms with van der Waals surface area (Å²) in [5.74, 6) is 1.38. The third-order valence-corrected chi connectivity index (χ3v) is 3.19. The van der Waals surface area contributed by atoms with Crippen molar-refractivity contribution in [2.45, 2.75) is 6.54 Å². The number of nitrogens with zero attached hydrogens (tertiary/aromatic N) is 2. The Labute approximate surface area is 160 Å². The smallest absolute Gasteiger partial charge is 0.239 e. The minimum Gasteiger partial charge on any atom is -0.497 e. The lowest BCUT2D eigenvalue weighted by Gasteiger charge is -2.22. The lowest BCUT2D eigenvalue weighted by atomic mass is 10.2. The Morgan fingerprint density at radius 1 is 1.21 bits per heavy atom. The van der Waals surface area contributed by atoms with E-state index in [1.165, 1.54) is 0 Å². The number of nitrogens with one attached hydrogen (secondary N) is 2. The number of guanidine groups is 1. The predicted octanol–water partition coefficient (Wildman–Crippen LogP) is 1.08. The van der Waals surface area contributed by atoms with E-state index >= 15 is 0 Å². The van der Waals surface area contributed by atoms with Crippen LogP contribution < -0.4 is 15.4 Å². The number of hydrogen-bond acceptors (Lipinski definition) is 4. The first-order valence-electron chi connectivity index (χ1n) is 7.41. The van der Waals surface area contributed by atoms with E-state index in [0.717, 1.165) is 11.3 Å². The molecular weight excluding hydrogens is 423 g/mol. The van der Waals surface area contributed by atoms with Gasteiger partial charge in [0.15, 0.2) is 5.96 Å². The zero-order valence-electron chi connectivity index (χ0n) is 14.7. The van der Waals surface area contributed by atoms with Crippen LogP contribution in [0.1, 0.15) is 5.56 Å². The molecule has 1 aromatic rings. The Bertz CT molecular complexity index is 509. The van der Waals surface area contributed by atoms with E-state index in [2.05, 4.69) is 15.6 Å². The average Bonchev–Trinajstić information content (AvgIpc) is 2.56. The summed E-state index contributed by atoms with van der Waals surface area (Å²) in [4.78, 5) is 17.8. The predicted molar refractivity (Wildman–Crippen MR) is 106 cm³/mol. The molecule has 0 heterocycles. The number of benzene rings is 1. The Morgan fingerprint density at radius 2 is 1.88 bits per heavy atom. The summed E-state index contributed by atoms with van der Waals surface area (Å²) in [7, 11) is 6.85. The SMILES string of the molecule is CN=C(NCC(=O)NCCOC)N(C)Cc1ccc(OC)cc1.I. The van der Waals surface area contributed by atoms with Crippen molar-refractivity contribution in [3.63, 3.8) is 0 Å². The number of hydrogen-bond donors (Lipinski definition) is 2. The van der Waals surface area contributed by atoms with Crippen LogP contribution >= 0.6 is 24.0 Å². The number of ether oxygens (including phenoxy) is 2. The van der Waals surface area contributed by atoms with E-state index in [1.54, 1.807) is 21.3 Å². The van der Waals surface area contributed by atoms with Gasteiger partial charge in [-0.2, -0.15) is 0 Å². The lowest BCUT2D eigenvalue weighted by molar-refractivity contribution is -0.120. The Kier molecular flexibility index (Phi) is 12.0. The molecule has 7 nitrogen and oxygen atoms in total. The molecule has 0 aromatic heterocycles. The van der Waals surface area contributed by atoms with Crippen LogP contribution in [0.4, 0.5) is 0 Å². The van der Waals surface area contributed by atoms with Crippen molar-refractivity contribution in [3.05, 3.63) is 29.8 Å². The van der Waals surface area contributed by atoms with Crippen molar-refractivity contribution in [2.75, 3.05) is 48.0 Å². The van der Waals surface area contributed by atoms with Gasteiger partial charge in [-0.15, -0.1) is 24.0 Å². The van der Waals surface area contributed by atoms with Crippen LogP contribution in [0, 0.1) is 0 Å². The number of carbonyl (C=O) groups excluding carboxylic acids is 1. The van der Waals surface area contributed by atoms with Crippen molar-refractivity contribution in [1.29, 1.82) is 0 Å². The van der Waals surface area contributed by atoms with Gasteiger partial charge in [0.1, 0.15) is 5.75 Å². The number of aliphatic imine (C=N–C) groups is 1. The van der Waals surface area contributed by atoms with E-state index in [1.807, 2.05) is 36.2 Å². The molecule has 8 heteroatoms. The highest BCUT2D eigenvalue weighted by molar-refractivity contribution is 14.0. The molecule has 0 unspecified atom stereocenters. The van der Waals surface area contributed by atoms with E-state index in [9.17, 15) is 4.79 Å². The Morgan fingerprint density at radius 3 is 2.42 bits per heavy atom. The van der Waals surface area contributed by atoms with Gasteiger partial charge in [-0.1, -0.05) is 12.1 Å². The third kappa shape index (κ3) is 8.34. The van der Waals surface area contributed by atoms with Crippen LogP contribution in [0.2, 0.25) is 0 Å². The lowest BCUT2D eigenvalue weighted by Crippen LogP contribution is -2.44. The Balaban J connectivity index is 0.00000529. The van der Waals surface area contributed by atoms with Crippen molar-refractivity contribution in [3.8, 4) is 5.75 Å². The molecule has 0 fully saturated rings. The molecule has 24 heavy (non-hydrogen) atoms. The molecule has 0 saturated heterocycles. The average molecular weight is 450 g/mol. The molecule has 1 amide bonds. The minimum atomic E-state index is -0.0963. The third-order valence-electron chi connectivity index (χ3n) is 3.19. The van der Waals surface area contributed by atoms with Gasteiger partial charge in [0, 0.05) is 34.3 Å². The van der Waals surface area contributed by atoms with Gasteiger partial charge in [0.2, 0.25) is 5.91 Å². The highest BCUT2D eigenvalue weighted by atomic mass is 127. The monoisotopic (exact) mass is 450 g/mol. The molecule has 0 bridgehead atoms. The molecule has 0 aliphatic heterocycles. The van der Waals surface area contributed by atoms with Gasteiger partial charge in [-0.3, -0.25) is 9.79 Å². The van der Waals surface area contributed by atoms with Crippen molar-refractivity contribution in [1.82, 2.24) is 15.5 Å². The summed E-state index contributed by atoms with van der Waals surface area (Å²) in [5, 5.41) is 5.79. The summed E-state index contributed by atoms with van der Waals surface area (Å²) < 4.78 is 10.0. The largest absolute Gasteiger partial charge is 0.497 e. The van der Waals surface area contributed by atoms with Gasteiger partial charge >= 0.3 is 0 Å². The summed E-state index contributed by atoms with van der Waals surface area (Å²) in [6.07, 6.45) is 0. The summed E-state index contributed by atoms with van der Waals surface area (Å²) in [5.41, 5.74) is 1.13. The van der Waals surface area contributed by atoms with Gasteiger partial charge < -0.3 is 25.0 Å². The molecule has 0 saturated carbocycles. The van der Waals surface area contributed by atoms with Gasteiger partial charge in [-0.05, 0) is 17.7 Å². The van der Waals surface area contributed by atoms with Crippen molar-refractivity contribution >= 4 is 35.8 Å². The maximum atomic E-state index is 11.7. The number of amides is 1. The number of rotatable bonds is 8. The maximum Gasteiger partial charge on any atom is 0.239 e. The standard InChI is InChI=1S/C16H26N4O3.HI/c1-17-16(19-11-15(21)18-9-10-22-3)20(2)12-13-5-7-14(23-4)8-6-13;/h5-8H,9-12H2,1-4H3,(H,17,19)(H,18,21);1H. The fourth-order valence-corrected chi connectivity index (χ4v) is 1.98. The van der Waals surface area contributed by atoms with Gasteiger partial charge in [0.05, 0.1) is 20.3 Å². The summed E-state index contributed by atoms with van der Waals surface area (Å²) in [6, 6.07) is 7.84. The van der Waals surface area contributed by atoms with E-state index in [-0.39, 0.29) is 36.4 Å². The molecule has 0 spiro atoms. The molecule has 1 aromatic carbocycles. The first-order valence-corrected chi connectivity index (χ1v) is 7.41. The number of carbonyl (C=O) groups is 1. The van der Waals surface area contributed by atoms with Crippen LogP contribution in [0.5, 0.6) is 5.75 Å². The zero-order chi connectivity index (χ0) is 17.1. The molecule has 0 radical (unpaired) electrons. The van der Waals surface area contributed by atoms with Crippen molar-refractivity contribution in [2.24, 2.45) is 4.99 Å². The van der Waals surface area contributed by atoms with Crippen LogP contribution in [-0.4, -0.2) is 64.8 Å². The van der Waals surface area contributed by atoms with E-state index < -0.39 is 0 Å². The summed E-state index contributed by atoms with van der Waals surface area (Å²) >= 11 is 0. The van der Waals surface area contributed by atoms with Gasteiger partial charge in [0.25, 0.3) is 0 Å². The Hall–Kier alpha value is -1.55. The second kappa shape index (κ2) is 12.8. The molecule has 1 rings (SSSR count). The van der Waals surface area contributed by atoms with E-state index in [4.69, 9.17) is 9.47 Å². The van der Waals surface area contributed by atoms with Gasteiger partial charge in [-0.25, -0.2) is 0 Å². The van der Waals surface area contributed by atoms with Crippen LogP contribution in [0.15, 0.2) is 29.3 Å². The molecule has 0 aliphatic carbocycles. The topological polar surface area (TPSA) is 75.2 Å². The number of halogens is 1. The first-order chi connectivity index (χ1) is 11.1. The molecule has 0 atom stereocenters. The normalized spacial score (nSPS) is 10.6. The zero-order valence-corrected chi connectivity index (χ0v) is 17.0. The van der Waals surface area contributed by atoms with E-state index in [0.29, 0.717) is 25.7 Å².